The molecule has 0 aliphatic rings. The van der Waals surface area contributed by atoms with Crippen LogP contribution in [0.5, 0.6) is 0 Å². The molecular formula is C120H136ClF15. The van der Waals surface area contributed by atoms with Crippen LogP contribution in [0.4, 0.5) is 65.9 Å². The van der Waals surface area contributed by atoms with E-state index in [2.05, 4.69) is 191 Å². The molecular weight excluding hydrogens is 1760 g/mol. The van der Waals surface area contributed by atoms with E-state index in [9.17, 15) is 65.9 Å². The smallest absolute Gasteiger partial charge is 0.142 e. The molecule has 0 aromatic heterocycles. The monoisotopic (exact) mass is 1900 g/mol. The van der Waals surface area contributed by atoms with E-state index in [0.29, 0.717) is 50.1 Å². The summed E-state index contributed by atoms with van der Waals surface area (Å²) < 4.78 is 189. The van der Waals surface area contributed by atoms with E-state index in [1.807, 2.05) is 58.9 Å². The molecule has 0 spiro atoms. The van der Waals surface area contributed by atoms with Crippen molar-refractivity contribution < 1.29 is 65.9 Å². The van der Waals surface area contributed by atoms with Crippen molar-refractivity contribution in [1.82, 2.24) is 0 Å². The zero-order valence-electron chi connectivity index (χ0n) is 83.5. The summed E-state index contributed by atoms with van der Waals surface area (Å²) >= 11 is 5.41. The maximum atomic E-state index is 12.6. The van der Waals surface area contributed by atoms with Crippen LogP contribution in [0.15, 0.2) is 273 Å². The SMILES string of the molecule is C.Cc1cc(F)c(C)c(F)c1.Cc1cc(F)c(C)c(F)c1.Cc1cc(F)c(C)c(F)c1.Cc1cc(F)c(C)c(F)c1.Cc1cc(F)c(C)c(F)c1.Cc1ccc(C)c(F)c1.Cc1ccc(C)c(F)c1.Cc1ccc(C)c(F)c1.Cc1ccc(C)c(F)c1.Cc1ccc(C)cc1.Cc1ccc(C)cc1.Cc1ccc(C)cc1.Cc1ccc(C)cc1.Cc1ccc(C)cc1.Cc1ccc(Cl)c(F)c1. The highest BCUT2D eigenvalue weighted by molar-refractivity contribution is 6.30. The maximum absolute atomic E-state index is 12.6. The van der Waals surface area contributed by atoms with Crippen molar-refractivity contribution in [2.75, 3.05) is 0 Å². The van der Waals surface area contributed by atoms with E-state index in [0.717, 1.165) is 27.8 Å². The first-order valence-corrected chi connectivity index (χ1v) is 44.0. The van der Waals surface area contributed by atoms with Gasteiger partial charge in [0.2, 0.25) is 0 Å². The van der Waals surface area contributed by atoms with Crippen LogP contribution >= 0.6 is 11.6 Å². The van der Waals surface area contributed by atoms with Crippen molar-refractivity contribution in [1.29, 1.82) is 0 Å². The van der Waals surface area contributed by atoms with Crippen LogP contribution < -0.4 is 0 Å². The Hall–Kier alpha value is -12.5. The zero-order chi connectivity index (χ0) is 103. The number of benzene rings is 15. The van der Waals surface area contributed by atoms with E-state index in [1.54, 1.807) is 98.7 Å². The molecule has 15 aromatic rings. The number of hydrogen-bond donors (Lipinski definition) is 0. The Bertz CT molecular complexity index is 4980. The second kappa shape index (κ2) is 64.5. The molecule has 0 amide bonds. The van der Waals surface area contributed by atoms with Gasteiger partial charge in [0.05, 0.1) is 5.02 Å². The third-order valence-corrected chi connectivity index (χ3v) is 19.9. The minimum absolute atomic E-state index is 0. The lowest BCUT2D eigenvalue weighted by Gasteiger charge is -1.98. The van der Waals surface area contributed by atoms with Crippen LogP contribution in [-0.4, -0.2) is 0 Å². The van der Waals surface area contributed by atoms with Gasteiger partial charge in [-0.05, 0) is 376 Å². The van der Waals surface area contributed by atoms with Gasteiger partial charge in [0, 0.05) is 27.8 Å². The average molecular weight is 1900 g/mol. The van der Waals surface area contributed by atoms with E-state index >= 15 is 0 Å². The van der Waals surface area contributed by atoms with Crippen molar-refractivity contribution >= 4 is 11.6 Å². The summed E-state index contributed by atoms with van der Waals surface area (Å²) in [5.41, 5.74) is 24.4. The first-order valence-electron chi connectivity index (χ1n) is 43.6. The normalized spacial score (nSPS) is 9.60. The van der Waals surface area contributed by atoms with Gasteiger partial charge in [-0.15, -0.1) is 0 Å². The first kappa shape index (κ1) is 124. The summed E-state index contributed by atoms with van der Waals surface area (Å²) in [6.07, 6.45) is 0. The Morgan fingerprint density at radius 1 is 0.118 bits per heavy atom. The largest absolute Gasteiger partial charge is 0.207 e. The summed E-state index contributed by atoms with van der Waals surface area (Å²) in [4.78, 5) is 0. The maximum Gasteiger partial charge on any atom is 0.142 e. The van der Waals surface area contributed by atoms with Crippen LogP contribution in [-0.2, 0) is 0 Å². The topological polar surface area (TPSA) is 0 Å². The average Bonchev–Trinajstić information content (AvgIpc) is 0.875. The lowest BCUT2D eigenvalue weighted by molar-refractivity contribution is 0.565. The molecule has 0 bridgehead atoms. The van der Waals surface area contributed by atoms with Gasteiger partial charge in [0.15, 0.2) is 0 Å². The van der Waals surface area contributed by atoms with Crippen LogP contribution in [0.2, 0.25) is 5.02 Å². The molecule has 15 aromatic carbocycles. The number of hydrogen-bond acceptors (Lipinski definition) is 0. The quantitative estimate of drug-likeness (QED) is 0.133. The van der Waals surface area contributed by atoms with Gasteiger partial charge in [-0.25, -0.2) is 65.9 Å². The molecule has 0 saturated heterocycles. The zero-order valence-corrected chi connectivity index (χ0v) is 84.3. The molecule has 15 rings (SSSR count). The van der Waals surface area contributed by atoms with Gasteiger partial charge < -0.3 is 0 Å². The predicted octanol–water partition coefficient (Wildman–Crippen LogP) is 37.6. The molecule has 728 valence electrons. The highest BCUT2D eigenvalue weighted by atomic mass is 35.5. The second-order valence-corrected chi connectivity index (χ2v) is 33.9. The Kier molecular flexibility index (Phi) is 58.6. The predicted molar refractivity (Wildman–Crippen MR) is 545 cm³/mol. The molecule has 0 heterocycles. The van der Waals surface area contributed by atoms with Crippen molar-refractivity contribution in [2.24, 2.45) is 0 Å². The molecule has 0 radical (unpaired) electrons. The number of rotatable bonds is 0. The minimum Gasteiger partial charge on any atom is -0.207 e. The van der Waals surface area contributed by atoms with Crippen LogP contribution in [0, 0.1) is 288 Å². The van der Waals surface area contributed by atoms with Gasteiger partial charge in [0.25, 0.3) is 0 Å². The van der Waals surface area contributed by atoms with Gasteiger partial charge >= 0.3 is 0 Å². The molecule has 0 saturated carbocycles. The van der Waals surface area contributed by atoms with Crippen LogP contribution in [0.3, 0.4) is 0 Å². The second-order valence-electron chi connectivity index (χ2n) is 33.5. The third kappa shape index (κ3) is 53.0. The van der Waals surface area contributed by atoms with Gasteiger partial charge in [0.1, 0.15) is 87.3 Å². The molecule has 0 aliphatic heterocycles. The molecule has 0 nitrogen and oxygen atoms in total. The summed E-state index contributed by atoms with van der Waals surface area (Å²) in [5.74, 6) is -5.56. The Morgan fingerprint density at radius 3 is 0.309 bits per heavy atom. The molecule has 16 heteroatoms. The Balaban J connectivity index is 0.00000144. The van der Waals surface area contributed by atoms with Gasteiger partial charge in [-0.1, -0.05) is 251 Å². The summed E-state index contributed by atoms with van der Waals surface area (Å²) in [5, 5.41) is 0.181. The van der Waals surface area contributed by atoms with Crippen molar-refractivity contribution in [3.63, 3.8) is 0 Å². The van der Waals surface area contributed by atoms with E-state index in [4.69, 9.17) is 11.6 Å². The summed E-state index contributed by atoms with van der Waals surface area (Å²) in [6, 6.07) is 81.2. The minimum atomic E-state index is -0.475. The molecule has 0 unspecified atom stereocenters. The summed E-state index contributed by atoms with van der Waals surface area (Å²) in [7, 11) is 0. The van der Waals surface area contributed by atoms with E-state index in [-0.39, 0.29) is 69.4 Å². The standard InChI is InChI=1S/5C8H8F2.4C8H9F.5C8H10.C7H6ClF.CH4/c5*1-5-3-7(9)6(2)8(10)4-5;4*1-6-3-4-7(2)8(9)5-6;5*1-7-3-5-8(2)6-4-7;1-5-2-3-6(8)7(9)4-5;/h5*3-4H,1-2H3;4*3-5H,1-2H3;5*3-6H,1-2H3;2-4H,1H3;1H4. The highest BCUT2D eigenvalue weighted by Gasteiger charge is 2.09. The lowest BCUT2D eigenvalue weighted by Crippen LogP contribution is -1.89. The lowest BCUT2D eigenvalue weighted by atomic mass is 10.1. The van der Waals surface area contributed by atoms with Gasteiger partial charge in [-0.2, -0.15) is 0 Å². The van der Waals surface area contributed by atoms with E-state index in [1.165, 1.54) is 181 Å². The molecule has 0 aliphatic carbocycles. The molecule has 0 N–H and O–H groups in total. The Labute approximate surface area is 807 Å². The molecule has 136 heavy (non-hydrogen) atoms. The number of aryl methyl sites for hydroxylation is 24. The first-order chi connectivity index (χ1) is 63.0. The fourth-order valence-electron chi connectivity index (χ4n) is 10.4. The summed E-state index contributed by atoms with van der Waals surface area (Å²) in [6.45, 7) is 52.7. The third-order valence-electron chi connectivity index (χ3n) is 19.6. The fraction of sp³-hybridized carbons (Fsp3) is 0.250. The molecule has 0 fully saturated rings. The highest BCUT2D eigenvalue weighted by Crippen LogP contribution is 2.21. The van der Waals surface area contributed by atoms with Gasteiger partial charge in [-0.3, -0.25) is 0 Å². The number of halogens is 16. The van der Waals surface area contributed by atoms with Crippen molar-refractivity contribution in [3.05, 3.63) is 527 Å². The molecule has 0 atom stereocenters. The van der Waals surface area contributed by atoms with Crippen LogP contribution in [0.1, 0.15) is 169 Å². The Morgan fingerprint density at radius 2 is 0.213 bits per heavy atom. The van der Waals surface area contributed by atoms with Crippen molar-refractivity contribution in [3.8, 4) is 0 Å². The van der Waals surface area contributed by atoms with E-state index < -0.39 is 58.2 Å². The fourth-order valence-corrected chi connectivity index (χ4v) is 10.6. The van der Waals surface area contributed by atoms with Crippen molar-refractivity contribution in [2.45, 2.75) is 208 Å². The van der Waals surface area contributed by atoms with Crippen LogP contribution in [0.25, 0.3) is 0 Å².